The number of hydrogen-bond acceptors (Lipinski definition) is 6. The zero-order valence-corrected chi connectivity index (χ0v) is 18.6. The van der Waals surface area contributed by atoms with Crippen LogP contribution in [0.2, 0.25) is 0 Å². The number of ether oxygens (including phenoxy) is 2. The third-order valence-corrected chi connectivity index (χ3v) is 5.31. The van der Waals surface area contributed by atoms with Crippen molar-refractivity contribution in [3.05, 3.63) is 82.9 Å². The number of fused-ring (bicyclic) bond motifs is 1. The maximum atomic E-state index is 11.2. The molecule has 7 heteroatoms. The van der Waals surface area contributed by atoms with E-state index in [2.05, 4.69) is 4.98 Å². The van der Waals surface area contributed by atoms with E-state index in [1.54, 1.807) is 19.4 Å². The fourth-order valence-corrected chi connectivity index (χ4v) is 3.80. The van der Waals surface area contributed by atoms with Gasteiger partial charge < -0.3 is 24.7 Å². The Morgan fingerprint density at radius 2 is 1.97 bits per heavy atom. The predicted molar refractivity (Wildman–Crippen MR) is 125 cm³/mol. The summed E-state index contributed by atoms with van der Waals surface area (Å²) < 4.78 is 17.4. The smallest absolute Gasteiger partial charge is 0.307 e. The van der Waals surface area contributed by atoms with Crippen LogP contribution in [0.15, 0.2) is 59.1 Å². The Balaban J connectivity index is 1.73. The van der Waals surface area contributed by atoms with Gasteiger partial charge in [-0.2, -0.15) is 0 Å². The largest absolute Gasteiger partial charge is 0.489 e. The average Bonchev–Trinajstić information content (AvgIpc) is 3.21. The Labute approximate surface area is 191 Å². The van der Waals surface area contributed by atoms with Crippen LogP contribution in [0.1, 0.15) is 28.1 Å². The van der Waals surface area contributed by atoms with Gasteiger partial charge in [-0.3, -0.25) is 9.78 Å². The lowest BCUT2D eigenvalue weighted by Gasteiger charge is -2.13. The van der Waals surface area contributed by atoms with E-state index in [0.717, 1.165) is 44.7 Å². The molecule has 0 unspecified atom stereocenters. The van der Waals surface area contributed by atoms with Crippen LogP contribution in [0.4, 0.5) is 0 Å². The summed E-state index contributed by atoms with van der Waals surface area (Å²) in [4.78, 5) is 15.5. The number of carboxylic acid groups (broad SMARTS) is 1. The standard InChI is InChI=1S/C26H26N2O5/c1-16-3-4-19(12-25(29)30)24(7-16)32-14-17-8-20-11-22(15-31-2)33-26(20)23(9-17)18-5-6-28-21(10-18)13-27/h3-11H,12-15,27H2,1-2H3,(H,29,30). The summed E-state index contributed by atoms with van der Waals surface area (Å²) in [6.45, 7) is 2.93. The number of nitrogens with two attached hydrogens (primary N) is 1. The number of carboxylic acids is 1. The van der Waals surface area contributed by atoms with Gasteiger partial charge in [0, 0.05) is 36.4 Å². The van der Waals surface area contributed by atoms with Gasteiger partial charge >= 0.3 is 5.97 Å². The van der Waals surface area contributed by atoms with Crippen molar-refractivity contribution in [1.82, 2.24) is 4.98 Å². The Kier molecular flexibility index (Phi) is 6.72. The van der Waals surface area contributed by atoms with Crippen LogP contribution in [0, 0.1) is 6.92 Å². The fraction of sp³-hybridized carbons (Fsp3) is 0.231. The highest BCUT2D eigenvalue weighted by atomic mass is 16.5. The van der Waals surface area contributed by atoms with Gasteiger partial charge in [0.2, 0.25) is 0 Å². The Bertz CT molecular complexity index is 1300. The maximum Gasteiger partial charge on any atom is 0.307 e. The second kappa shape index (κ2) is 9.85. The van der Waals surface area contributed by atoms with Gasteiger partial charge in [0.25, 0.3) is 0 Å². The normalized spacial score (nSPS) is 11.1. The van der Waals surface area contributed by atoms with Crippen molar-refractivity contribution >= 4 is 16.9 Å². The first-order valence-electron chi connectivity index (χ1n) is 10.6. The summed E-state index contributed by atoms with van der Waals surface area (Å²) in [7, 11) is 1.63. The molecule has 2 heterocycles. The molecule has 7 nitrogen and oxygen atoms in total. The lowest BCUT2D eigenvalue weighted by atomic mass is 10.0. The maximum absolute atomic E-state index is 11.2. The molecule has 2 aromatic heterocycles. The SMILES string of the molecule is COCc1cc2cc(COc3cc(C)ccc3CC(=O)O)cc(-c3ccnc(CN)c3)c2o1. The third kappa shape index (κ3) is 5.22. The van der Waals surface area contributed by atoms with E-state index in [1.807, 2.05) is 49.4 Å². The average molecular weight is 447 g/mol. The zero-order chi connectivity index (χ0) is 23.4. The van der Waals surface area contributed by atoms with Crippen molar-refractivity contribution in [1.29, 1.82) is 0 Å². The molecule has 0 atom stereocenters. The number of benzene rings is 2. The van der Waals surface area contributed by atoms with Crippen molar-refractivity contribution in [2.45, 2.75) is 33.1 Å². The molecule has 170 valence electrons. The number of methoxy groups -OCH3 is 1. The predicted octanol–water partition coefficient (Wildman–Crippen LogP) is 4.61. The highest BCUT2D eigenvalue weighted by Gasteiger charge is 2.15. The molecule has 33 heavy (non-hydrogen) atoms. The summed E-state index contributed by atoms with van der Waals surface area (Å²) in [6.07, 6.45) is 1.64. The first-order chi connectivity index (χ1) is 16.0. The number of pyridine rings is 1. The van der Waals surface area contributed by atoms with Crippen LogP contribution in [-0.4, -0.2) is 23.2 Å². The van der Waals surface area contributed by atoms with Gasteiger partial charge in [-0.25, -0.2) is 0 Å². The van der Waals surface area contributed by atoms with Gasteiger partial charge in [-0.1, -0.05) is 12.1 Å². The van der Waals surface area contributed by atoms with E-state index in [4.69, 9.17) is 19.6 Å². The Hall–Kier alpha value is -3.68. The number of carbonyl (C=O) groups is 1. The van der Waals surface area contributed by atoms with Crippen LogP contribution in [0.5, 0.6) is 5.75 Å². The van der Waals surface area contributed by atoms with Crippen molar-refractivity contribution < 1.29 is 23.8 Å². The molecule has 0 amide bonds. The van der Waals surface area contributed by atoms with Crippen molar-refractivity contribution in [3.8, 4) is 16.9 Å². The molecule has 0 fully saturated rings. The molecule has 0 aliphatic rings. The highest BCUT2D eigenvalue weighted by molar-refractivity contribution is 5.93. The number of hydrogen-bond donors (Lipinski definition) is 2. The second-order valence-corrected chi connectivity index (χ2v) is 7.92. The van der Waals surface area contributed by atoms with E-state index < -0.39 is 5.97 Å². The minimum atomic E-state index is -0.898. The van der Waals surface area contributed by atoms with Gasteiger partial charge in [-0.05, 0) is 60.0 Å². The number of nitrogens with zero attached hydrogens (tertiary/aromatic N) is 1. The van der Waals surface area contributed by atoms with E-state index in [1.165, 1.54) is 0 Å². The lowest BCUT2D eigenvalue weighted by Crippen LogP contribution is -2.04. The molecule has 4 aromatic rings. The molecular formula is C26H26N2O5. The van der Waals surface area contributed by atoms with Gasteiger partial charge in [-0.15, -0.1) is 0 Å². The van der Waals surface area contributed by atoms with Crippen LogP contribution in [-0.2, 0) is 35.7 Å². The van der Waals surface area contributed by atoms with Crippen LogP contribution in [0.25, 0.3) is 22.1 Å². The number of furan rings is 1. The van der Waals surface area contributed by atoms with Crippen molar-refractivity contribution in [3.63, 3.8) is 0 Å². The van der Waals surface area contributed by atoms with Crippen LogP contribution in [0.3, 0.4) is 0 Å². The Morgan fingerprint density at radius 1 is 1.12 bits per heavy atom. The summed E-state index contributed by atoms with van der Waals surface area (Å²) in [5, 5.41) is 10.2. The molecule has 0 saturated heterocycles. The van der Waals surface area contributed by atoms with Crippen molar-refractivity contribution in [2.24, 2.45) is 5.73 Å². The zero-order valence-electron chi connectivity index (χ0n) is 18.6. The summed E-state index contributed by atoms with van der Waals surface area (Å²) in [5.74, 6) is 0.396. The van der Waals surface area contributed by atoms with Crippen LogP contribution < -0.4 is 10.5 Å². The third-order valence-electron chi connectivity index (χ3n) is 5.31. The van der Waals surface area contributed by atoms with E-state index in [-0.39, 0.29) is 13.0 Å². The van der Waals surface area contributed by atoms with Gasteiger partial charge in [0.05, 0.1) is 12.1 Å². The summed E-state index contributed by atoms with van der Waals surface area (Å²) in [6, 6.07) is 15.4. The summed E-state index contributed by atoms with van der Waals surface area (Å²) >= 11 is 0. The molecule has 0 aliphatic heterocycles. The molecule has 0 saturated carbocycles. The van der Waals surface area contributed by atoms with E-state index >= 15 is 0 Å². The van der Waals surface area contributed by atoms with E-state index in [0.29, 0.717) is 24.5 Å². The molecule has 0 spiro atoms. The quantitative estimate of drug-likeness (QED) is 0.386. The fourth-order valence-electron chi connectivity index (χ4n) is 3.80. The Morgan fingerprint density at radius 3 is 2.73 bits per heavy atom. The second-order valence-electron chi connectivity index (χ2n) is 7.92. The first-order valence-corrected chi connectivity index (χ1v) is 10.6. The topological polar surface area (TPSA) is 108 Å². The highest BCUT2D eigenvalue weighted by Crippen LogP contribution is 2.34. The monoisotopic (exact) mass is 446 g/mol. The minimum absolute atomic E-state index is 0.0963. The first kappa shape index (κ1) is 22.5. The molecule has 0 aliphatic carbocycles. The molecule has 3 N–H and O–H groups in total. The number of aliphatic carboxylic acids is 1. The number of rotatable bonds is 9. The van der Waals surface area contributed by atoms with Crippen molar-refractivity contribution in [2.75, 3.05) is 7.11 Å². The number of aromatic nitrogens is 1. The molecule has 0 radical (unpaired) electrons. The van der Waals surface area contributed by atoms with Crippen LogP contribution >= 0.6 is 0 Å². The molecule has 0 bridgehead atoms. The van der Waals surface area contributed by atoms with E-state index in [9.17, 15) is 9.90 Å². The molecular weight excluding hydrogens is 420 g/mol. The van der Waals surface area contributed by atoms with Gasteiger partial charge in [0.15, 0.2) is 0 Å². The molecule has 4 rings (SSSR count). The molecule has 2 aromatic carbocycles. The minimum Gasteiger partial charge on any atom is -0.489 e. The summed E-state index contributed by atoms with van der Waals surface area (Å²) in [5.41, 5.74) is 11.7. The lowest BCUT2D eigenvalue weighted by molar-refractivity contribution is -0.136. The number of aryl methyl sites for hydroxylation is 1. The van der Waals surface area contributed by atoms with Gasteiger partial charge in [0.1, 0.15) is 30.3 Å².